The van der Waals surface area contributed by atoms with Gasteiger partial charge in [0.05, 0.1) is 0 Å². The molecule has 2 N–H and O–H groups in total. The van der Waals surface area contributed by atoms with Gasteiger partial charge >= 0.3 is 0 Å². The Bertz CT molecular complexity index is 222. The van der Waals surface area contributed by atoms with Crippen LogP contribution in [-0.2, 0) is 0 Å². The molecule has 0 bridgehead atoms. The molecule has 0 saturated heterocycles. The van der Waals surface area contributed by atoms with Gasteiger partial charge in [-0.15, -0.1) is 0 Å². The molecule has 4 heteroatoms. The maximum atomic E-state index is 6.92. The maximum Gasteiger partial charge on any atom is 0.189 e. The molecular weight excluding hydrogens is 146 g/mol. The third-order valence-corrected chi connectivity index (χ3v) is 1.04. The Kier molecular flexibility index (Phi) is 2.17. The van der Waals surface area contributed by atoms with Crippen molar-refractivity contribution in [3.63, 3.8) is 0 Å². The molecule has 0 saturated carbocycles. The summed E-state index contributed by atoms with van der Waals surface area (Å²) >= 11 is 4.51. The number of hydrogen-bond donors (Lipinski definition) is 1. The van der Waals surface area contributed by atoms with Crippen molar-refractivity contribution in [2.45, 2.75) is 0 Å². The van der Waals surface area contributed by atoms with E-state index in [1.165, 1.54) is 0 Å². The van der Waals surface area contributed by atoms with Crippen LogP contribution in [-0.4, -0.2) is 10.1 Å². The third-order valence-electron chi connectivity index (χ3n) is 0.938. The topological polar surface area (TPSA) is 48.7 Å². The summed E-state index contributed by atoms with van der Waals surface area (Å²) in [6.45, 7) is 0. The second-order valence-electron chi connectivity index (χ2n) is 1.69. The number of pyridine rings is 1. The van der Waals surface area contributed by atoms with Crippen LogP contribution in [0.3, 0.4) is 0 Å². The molecule has 0 atom stereocenters. The molecule has 10 heavy (non-hydrogen) atoms. The SMILES string of the molecule is [NH]C(=S)Nc1ccncc1. The molecule has 51 valence electrons. The fraction of sp³-hybridized carbons (Fsp3) is 0. The largest absolute Gasteiger partial charge is 0.331 e. The highest BCUT2D eigenvalue weighted by Crippen LogP contribution is 2.01. The summed E-state index contributed by atoms with van der Waals surface area (Å²) < 4.78 is 0. The summed E-state index contributed by atoms with van der Waals surface area (Å²) in [7, 11) is 0. The summed E-state index contributed by atoms with van der Waals surface area (Å²) in [4.78, 5) is 3.81. The lowest BCUT2D eigenvalue weighted by Crippen LogP contribution is -2.08. The highest BCUT2D eigenvalue weighted by atomic mass is 32.1. The molecule has 0 fully saturated rings. The molecule has 1 aromatic heterocycles. The Morgan fingerprint density at radius 1 is 1.50 bits per heavy atom. The van der Waals surface area contributed by atoms with Gasteiger partial charge in [0.25, 0.3) is 0 Å². The number of nitrogens with one attached hydrogen (secondary N) is 2. The number of anilines is 1. The van der Waals surface area contributed by atoms with E-state index in [1.807, 2.05) is 0 Å². The molecule has 0 amide bonds. The van der Waals surface area contributed by atoms with Gasteiger partial charge in [-0.3, -0.25) is 10.7 Å². The second kappa shape index (κ2) is 3.12. The monoisotopic (exact) mass is 152 g/mol. The van der Waals surface area contributed by atoms with Crippen LogP contribution < -0.4 is 11.1 Å². The Hall–Kier alpha value is -1.16. The maximum absolute atomic E-state index is 6.92. The second-order valence-corrected chi connectivity index (χ2v) is 2.10. The highest BCUT2D eigenvalue weighted by Gasteiger charge is 1.88. The molecule has 1 rings (SSSR count). The fourth-order valence-corrected chi connectivity index (χ4v) is 0.684. The Balaban J connectivity index is 2.67. The standard InChI is InChI=1S/C6H6N3S/c7-6(10)9-5-1-3-8-4-2-5/h1-4,7H,(H,8,9,10). The van der Waals surface area contributed by atoms with Gasteiger partial charge in [-0.2, -0.15) is 0 Å². The van der Waals surface area contributed by atoms with Crippen LogP contribution in [0.5, 0.6) is 0 Å². The van der Waals surface area contributed by atoms with E-state index in [0.717, 1.165) is 5.69 Å². The minimum atomic E-state index is 0.0196. The zero-order valence-electron chi connectivity index (χ0n) is 5.16. The number of aromatic nitrogens is 1. The molecule has 1 heterocycles. The summed E-state index contributed by atoms with van der Waals surface area (Å²) in [5, 5.41) is 2.68. The smallest absolute Gasteiger partial charge is 0.189 e. The first-order valence-corrected chi connectivity index (χ1v) is 3.12. The molecule has 0 aliphatic carbocycles. The van der Waals surface area contributed by atoms with Gasteiger partial charge < -0.3 is 5.32 Å². The molecule has 0 aromatic carbocycles. The lowest BCUT2D eigenvalue weighted by molar-refractivity contribution is 1.33. The van der Waals surface area contributed by atoms with Gasteiger partial charge in [-0.05, 0) is 24.4 Å². The van der Waals surface area contributed by atoms with E-state index in [4.69, 9.17) is 5.73 Å². The predicted molar refractivity (Wildman–Crippen MR) is 43.6 cm³/mol. The summed E-state index contributed by atoms with van der Waals surface area (Å²) in [5.74, 6) is 0. The predicted octanol–water partition coefficient (Wildman–Crippen LogP) is 1.06. The molecule has 1 aromatic rings. The molecule has 0 aliphatic heterocycles. The molecule has 0 spiro atoms. The van der Waals surface area contributed by atoms with E-state index in [0.29, 0.717) is 0 Å². The lowest BCUT2D eigenvalue weighted by atomic mass is 10.4. The minimum Gasteiger partial charge on any atom is -0.331 e. The van der Waals surface area contributed by atoms with E-state index in [9.17, 15) is 0 Å². The van der Waals surface area contributed by atoms with Crippen molar-refractivity contribution in [2.24, 2.45) is 0 Å². The van der Waals surface area contributed by atoms with Crippen molar-refractivity contribution in [1.82, 2.24) is 10.7 Å². The third kappa shape index (κ3) is 1.99. The molecule has 3 nitrogen and oxygen atoms in total. The number of thiocarbonyl (C=S) groups is 1. The quantitative estimate of drug-likeness (QED) is 0.612. The van der Waals surface area contributed by atoms with Gasteiger partial charge in [-0.1, -0.05) is 0 Å². The molecule has 0 aliphatic rings. The van der Waals surface area contributed by atoms with Gasteiger partial charge in [0, 0.05) is 18.1 Å². The number of hydrogen-bond acceptors (Lipinski definition) is 2. The zero-order valence-corrected chi connectivity index (χ0v) is 5.98. The van der Waals surface area contributed by atoms with E-state index < -0.39 is 0 Å². The van der Waals surface area contributed by atoms with Crippen LogP contribution in [0.2, 0.25) is 0 Å². The van der Waals surface area contributed by atoms with E-state index >= 15 is 0 Å². The first kappa shape index (κ1) is 6.95. The van der Waals surface area contributed by atoms with Crippen molar-refractivity contribution in [3.05, 3.63) is 24.5 Å². The first-order chi connectivity index (χ1) is 4.79. The Morgan fingerprint density at radius 3 is 2.60 bits per heavy atom. The van der Waals surface area contributed by atoms with Gasteiger partial charge in [0.15, 0.2) is 5.11 Å². The lowest BCUT2D eigenvalue weighted by Gasteiger charge is -1.99. The number of nitrogens with zero attached hydrogens (tertiary/aromatic N) is 1. The normalized spacial score (nSPS) is 8.80. The summed E-state index contributed by atoms with van der Waals surface area (Å²) in [5.41, 5.74) is 7.72. The minimum absolute atomic E-state index is 0.0196. The molecular formula is C6H6N3S. The van der Waals surface area contributed by atoms with Crippen LogP contribution >= 0.6 is 12.2 Å². The molecule has 0 unspecified atom stereocenters. The van der Waals surface area contributed by atoms with Crippen molar-refractivity contribution in [1.29, 1.82) is 0 Å². The van der Waals surface area contributed by atoms with E-state index in [-0.39, 0.29) is 5.11 Å². The average Bonchev–Trinajstić information content (AvgIpc) is 1.88. The van der Waals surface area contributed by atoms with Crippen LogP contribution in [0.4, 0.5) is 5.69 Å². The van der Waals surface area contributed by atoms with Gasteiger partial charge in [-0.25, -0.2) is 0 Å². The average molecular weight is 152 g/mol. The van der Waals surface area contributed by atoms with Crippen LogP contribution in [0, 0.1) is 0 Å². The number of rotatable bonds is 1. The molecule has 1 radical (unpaired) electrons. The zero-order chi connectivity index (χ0) is 7.40. The van der Waals surface area contributed by atoms with Gasteiger partial charge in [0.1, 0.15) is 0 Å². The van der Waals surface area contributed by atoms with Crippen LogP contribution in [0.1, 0.15) is 0 Å². The van der Waals surface area contributed by atoms with Crippen LogP contribution in [0.15, 0.2) is 24.5 Å². The fourth-order valence-electron chi connectivity index (χ4n) is 0.566. The summed E-state index contributed by atoms with van der Waals surface area (Å²) in [6.07, 6.45) is 3.28. The summed E-state index contributed by atoms with van der Waals surface area (Å²) in [6, 6.07) is 3.50. The van der Waals surface area contributed by atoms with Crippen LogP contribution in [0.25, 0.3) is 0 Å². The van der Waals surface area contributed by atoms with E-state index in [2.05, 4.69) is 22.5 Å². The van der Waals surface area contributed by atoms with E-state index in [1.54, 1.807) is 24.5 Å². The van der Waals surface area contributed by atoms with Gasteiger partial charge in [0.2, 0.25) is 0 Å². The van der Waals surface area contributed by atoms with Crippen molar-refractivity contribution in [2.75, 3.05) is 5.32 Å². The van der Waals surface area contributed by atoms with Crippen molar-refractivity contribution >= 4 is 23.0 Å². The van der Waals surface area contributed by atoms with Crippen molar-refractivity contribution in [3.8, 4) is 0 Å². The Labute approximate surface area is 64.3 Å². The van der Waals surface area contributed by atoms with Crippen molar-refractivity contribution < 1.29 is 0 Å². The first-order valence-electron chi connectivity index (χ1n) is 2.71. The highest BCUT2D eigenvalue weighted by molar-refractivity contribution is 7.80. The Morgan fingerprint density at radius 2 is 2.10 bits per heavy atom.